The lowest BCUT2D eigenvalue weighted by molar-refractivity contribution is 0.199. The summed E-state index contributed by atoms with van der Waals surface area (Å²) >= 11 is 6.35. The molecule has 0 aliphatic carbocycles. The fraction of sp³-hybridized carbons (Fsp3) is 0.600. The Balaban J connectivity index is 3.01. The SMILES string of the molecule is CCC(C)N(CCOC)c1ccc(C(C)O)cc1Cl. The van der Waals surface area contributed by atoms with E-state index < -0.39 is 6.10 Å². The molecule has 0 aromatic heterocycles. The molecular formula is C15H24ClNO2. The maximum Gasteiger partial charge on any atom is 0.0762 e. The second-order valence-electron chi connectivity index (χ2n) is 4.83. The molecule has 1 N–H and O–H groups in total. The van der Waals surface area contributed by atoms with Crippen LogP contribution in [-0.2, 0) is 4.74 Å². The third-order valence-corrected chi connectivity index (χ3v) is 3.73. The minimum Gasteiger partial charge on any atom is -0.389 e. The van der Waals surface area contributed by atoms with Gasteiger partial charge in [-0.15, -0.1) is 0 Å². The molecule has 108 valence electrons. The first kappa shape index (κ1) is 16.3. The molecule has 19 heavy (non-hydrogen) atoms. The molecular weight excluding hydrogens is 262 g/mol. The number of hydrogen-bond donors (Lipinski definition) is 1. The van der Waals surface area contributed by atoms with E-state index >= 15 is 0 Å². The number of methoxy groups -OCH3 is 1. The van der Waals surface area contributed by atoms with E-state index in [-0.39, 0.29) is 0 Å². The Labute approximate surface area is 121 Å². The minimum absolute atomic E-state index is 0.394. The van der Waals surface area contributed by atoms with Crippen molar-refractivity contribution in [2.24, 2.45) is 0 Å². The van der Waals surface area contributed by atoms with Crippen molar-refractivity contribution in [3.8, 4) is 0 Å². The van der Waals surface area contributed by atoms with Gasteiger partial charge in [0.1, 0.15) is 0 Å². The van der Waals surface area contributed by atoms with Gasteiger partial charge in [0.2, 0.25) is 0 Å². The van der Waals surface area contributed by atoms with E-state index in [4.69, 9.17) is 16.3 Å². The molecule has 0 radical (unpaired) electrons. The molecule has 4 heteroatoms. The molecule has 2 unspecified atom stereocenters. The van der Waals surface area contributed by atoms with Gasteiger partial charge in [-0.05, 0) is 38.0 Å². The van der Waals surface area contributed by atoms with Crippen molar-refractivity contribution >= 4 is 17.3 Å². The number of halogens is 1. The molecule has 0 bridgehead atoms. The Kier molecular flexibility index (Phi) is 6.63. The van der Waals surface area contributed by atoms with Crippen LogP contribution in [0.15, 0.2) is 18.2 Å². The van der Waals surface area contributed by atoms with Crippen molar-refractivity contribution in [3.63, 3.8) is 0 Å². The first-order valence-electron chi connectivity index (χ1n) is 6.74. The van der Waals surface area contributed by atoms with Crippen LogP contribution < -0.4 is 4.90 Å². The van der Waals surface area contributed by atoms with Crippen molar-refractivity contribution in [1.29, 1.82) is 0 Å². The molecule has 1 rings (SSSR count). The largest absolute Gasteiger partial charge is 0.389 e. The highest BCUT2D eigenvalue weighted by molar-refractivity contribution is 6.33. The van der Waals surface area contributed by atoms with Gasteiger partial charge in [0.15, 0.2) is 0 Å². The van der Waals surface area contributed by atoms with E-state index in [1.807, 2.05) is 18.2 Å². The standard InChI is InChI=1S/C15H24ClNO2/c1-5-11(2)17(8-9-19-4)15-7-6-13(12(3)18)10-14(15)16/h6-7,10-12,18H,5,8-9H2,1-4H3. The number of ether oxygens (including phenoxy) is 1. The Morgan fingerprint density at radius 1 is 1.37 bits per heavy atom. The van der Waals surface area contributed by atoms with E-state index in [0.717, 1.165) is 24.2 Å². The number of aliphatic hydroxyl groups is 1. The van der Waals surface area contributed by atoms with E-state index in [1.54, 1.807) is 14.0 Å². The molecule has 0 heterocycles. The molecule has 0 spiro atoms. The summed E-state index contributed by atoms with van der Waals surface area (Å²) in [5.41, 5.74) is 1.84. The van der Waals surface area contributed by atoms with Crippen LogP contribution in [0.2, 0.25) is 5.02 Å². The van der Waals surface area contributed by atoms with Gasteiger partial charge in [-0.2, -0.15) is 0 Å². The van der Waals surface area contributed by atoms with Crippen LogP contribution in [0.1, 0.15) is 38.9 Å². The van der Waals surface area contributed by atoms with E-state index in [2.05, 4.69) is 18.7 Å². The summed E-state index contributed by atoms with van der Waals surface area (Å²) in [4.78, 5) is 2.25. The van der Waals surface area contributed by atoms with Crippen molar-refractivity contribution in [2.45, 2.75) is 39.3 Å². The van der Waals surface area contributed by atoms with Crippen LogP contribution in [0.4, 0.5) is 5.69 Å². The summed E-state index contributed by atoms with van der Waals surface area (Å²) in [7, 11) is 1.70. The van der Waals surface area contributed by atoms with Gasteiger partial charge < -0.3 is 14.7 Å². The second kappa shape index (κ2) is 7.73. The van der Waals surface area contributed by atoms with Gasteiger partial charge in [0.25, 0.3) is 0 Å². The molecule has 0 saturated carbocycles. The van der Waals surface area contributed by atoms with Crippen molar-refractivity contribution in [1.82, 2.24) is 0 Å². The Hall–Kier alpha value is -0.770. The highest BCUT2D eigenvalue weighted by atomic mass is 35.5. The molecule has 0 aliphatic heterocycles. The summed E-state index contributed by atoms with van der Waals surface area (Å²) in [5.74, 6) is 0. The predicted molar refractivity (Wildman–Crippen MR) is 81.1 cm³/mol. The lowest BCUT2D eigenvalue weighted by Gasteiger charge is -2.31. The average molecular weight is 286 g/mol. The summed E-state index contributed by atoms with van der Waals surface area (Å²) in [6, 6.07) is 6.13. The van der Waals surface area contributed by atoms with Gasteiger partial charge in [0.05, 0.1) is 23.4 Å². The molecule has 0 amide bonds. The van der Waals surface area contributed by atoms with E-state index in [9.17, 15) is 5.11 Å². The van der Waals surface area contributed by atoms with Crippen molar-refractivity contribution in [3.05, 3.63) is 28.8 Å². The van der Waals surface area contributed by atoms with Gasteiger partial charge in [-0.3, -0.25) is 0 Å². The number of benzene rings is 1. The Morgan fingerprint density at radius 2 is 2.05 bits per heavy atom. The highest BCUT2D eigenvalue weighted by Crippen LogP contribution is 2.30. The van der Waals surface area contributed by atoms with E-state index in [0.29, 0.717) is 17.7 Å². The number of nitrogens with zero attached hydrogens (tertiary/aromatic N) is 1. The normalized spacial score (nSPS) is 14.2. The number of aliphatic hydroxyl groups excluding tert-OH is 1. The van der Waals surface area contributed by atoms with Gasteiger partial charge in [0, 0.05) is 19.7 Å². The zero-order valence-corrected chi connectivity index (χ0v) is 12.9. The fourth-order valence-corrected chi connectivity index (χ4v) is 2.30. The molecule has 0 saturated heterocycles. The summed E-state index contributed by atoms with van der Waals surface area (Å²) in [6.45, 7) is 7.54. The molecule has 1 aromatic carbocycles. The smallest absolute Gasteiger partial charge is 0.0762 e. The molecule has 0 aliphatic rings. The topological polar surface area (TPSA) is 32.7 Å². The molecule has 3 nitrogen and oxygen atoms in total. The van der Waals surface area contributed by atoms with Crippen LogP contribution in [-0.4, -0.2) is 31.4 Å². The predicted octanol–water partition coefficient (Wildman–Crippen LogP) is 3.64. The summed E-state index contributed by atoms with van der Waals surface area (Å²) < 4.78 is 5.17. The third-order valence-electron chi connectivity index (χ3n) is 3.42. The Bertz CT molecular complexity index is 396. The van der Waals surface area contributed by atoms with Crippen LogP contribution in [0.3, 0.4) is 0 Å². The maximum atomic E-state index is 9.58. The molecule has 1 aromatic rings. The first-order chi connectivity index (χ1) is 9.01. The highest BCUT2D eigenvalue weighted by Gasteiger charge is 2.16. The van der Waals surface area contributed by atoms with Crippen LogP contribution >= 0.6 is 11.6 Å². The maximum absolute atomic E-state index is 9.58. The van der Waals surface area contributed by atoms with Gasteiger partial charge in [-0.25, -0.2) is 0 Å². The van der Waals surface area contributed by atoms with Crippen LogP contribution in [0.25, 0.3) is 0 Å². The number of anilines is 1. The minimum atomic E-state index is -0.498. The average Bonchev–Trinajstić information content (AvgIpc) is 2.39. The van der Waals surface area contributed by atoms with Crippen LogP contribution in [0.5, 0.6) is 0 Å². The van der Waals surface area contributed by atoms with Gasteiger partial charge >= 0.3 is 0 Å². The summed E-state index contributed by atoms with van der Waals surface area (Å²) in [6.07, 6.45) is 0.542. The summed E-state index contributed by atoms with van der Waals surface area (Å²) in [5, 5.41) is 10.3. The van der Waals surface area contributed by atoms with Crippen LogP contribution in [0, 0.1) is 0 Å². The zero-order chi connectivity index (χ0) is 14.4. The monoisotopic (exact) mass is 285 g/mol. The quantitative estimate of drug-likeness (QED) is 0.830. The fourth-order valence-electron chi connectivity index (χ4n) is 2.00. The van der Waals surface area contributed by atoms with Crippen molar-refractivity contribution < 1.29 is 9.84 Å². The second-order valence-corrected chi connectivity index (χ2v) is 5.24. The lowest BCUT2D eigenvalue weighted by Crippen LogP contribution is -2.35. The first-order valence-corrected chi connectivity index (χ1v) is 7.12. The van der Waals surface area contributed by atoms with E-state index in [1.165, 1.54) is 0 Å². The zero-order valence-electron chi connectivity index (χ0n) is 12.2. The Morgan fingerprint density at radius 3 is 2.53 bits per heavy atom. The third kappa shape index (κ3) is 4.37. The number of hydrogen-bond acceptors (Lipinski definition) is 3. The lowest BCUT2D eigenvalue weighted by atomic mass is 10.1. The van der Waals surface area contributed by atoms with Crippen molar-refractivity contribution in [2.75, 3.05) is 25.2 Å². The van der Waals surface area contributed by atoms with Gasteiger partial charge in [-0.1, -0.05) is 24.6 Å². The molecule has 2 atom stereocenters. The molecule has 0 fully saturated rings. The number of rotatable bonds is 7.